The van der Waals surface area contributed by atoms with Gasteiger partial charge in [-0.3, -0.25) is 0 Å². The van der Waals surface area contributed by atoms with Crippen LogP contribution >= 0.6 is 11.3 Å². The molecule has 0 radical (unpaired) electrons. The van der Waals surface area contributed by atoms with Gasteiger partial charge in [0.05, 0.1) is 5.01 Å². The van der Waals surface area contributed by atoms with Crippen molar-refractivity contribution in [1.29, 1.82) is 0 Å². The van der Waals surface area contributed by atoms with E-state index in [1.54, 1.807) is 17.7 Å². The molecular formula is C11H14N4S. The van der Waals surface area contributed by atoms with Crippen molar-refractivity contribution in [2.45, 2.75) is 13.3 Å². The van der Waals surface area contributed by atoms with Crippen LogP contribution in [-0.4, -0.2) is 28.5 Å². The number of anilines is 1. The molecule has 0 spiro atoms. The number of hydrogen-bond donors (Lipinski definition) is 0. The third-order valence-electron chi connectivity index (χ3n) is 2.33. The van der Waals surface area contributed by atoms with Crippen molar-refractivity contribution in [3.63, 3.8) is 0 Å². The molecule has 0 bridgehead atoms. The third kappa shape index (κ3) is 2.76. The van der Waals surface area contributed by atoms with Crippen molar-refractivity contribution in [2.24, 2.45) is 0 Å². The number of thiazole rings is 1. The van der Waals surface area contributed by atoms with Gasteiger partial charge in [0.25, 0.3) is 0 Å². The Morgan fingerprint density at radius 1 is 1.31 bits per heavy atom. The molecule has 16 heavy (non-hydrogen) atoms. The maximum absolute atomic E-state index is 4.26. The average molecular weight is 234 g/mol. The second kappa shape index (κ2) is 5.03. The molecule has 0 fully saturated rings. The predicted octanol–water partition coefficient (Wildman–Crippen LogP) is 1.92. The van der Waals surface area contributed by atoms with Crippen molar-refractivity contribution >= 4 is 17.2 Å². The monoisotopic (exact) mass is 234 g/mol. The van der Waals surface area contributed by atoms with E-state index < -0.39 is 0 Å². The molecule has 0 atom stereocenters. The molecule has 0 amide bonds. The van der Waals surface area contributed by atoms with E-state index in [4.69, 9.17) is 0 Å². The lowest BCUT2D eigenvalue weighted by Gasteiger charge is -2.17. The Kier molecular flexibility index (Phi) is 3.46. The highest BCUT2D eigenvalue weighted by Crippen LogP contribution is 2.10. The third-order valence-corrected chi connectivity index (χ3v) is 3.16. The number of hydrogen-bond acceptors (Lipinski definition) is 5. The minimum atomic E-state index is 0.921. The molecule has 84 valence electrons. The Balaban J connectivity index is 1.95. The molecule has 2 aromatic rings. The van der Waals surface area contributed by atoms with Crippen LogP contribution in [0, 0.1) is 6.92 Å². The highest BCUT2D eigenvalue weighted by atomic mass is 32.1. The van der Waals surface area contributed by atoms with Crippen LogP contribution in [0.15, 0.2) is 24.0 Å². The zero-order chi connectivity index (χ0) is 11.4. The first-order chi connectivity index (χ1) is 7.75. The van der Waals surface area contributed by atoms with E-state index >= 15 is 0 Å². The van der Waals surface area contributed by atoms with E-state index in [9.17, 15) is 0 Å². The second-order valence-electron chi connectivity index (χ2n) is 3.61. The predicted molar refractivity (Wildman–Crippen MR) is 65.9 cm³/mol. The lowest BCUT2D eigenvalue weighted by molar-refractivity contribution is 0.847. The van der Waals surface area contributed by atoms with Crippen LogP contribution in [0.5, 0.6) is 0 Å². The molecular weight excluding hydrogens is 220 g/mol. The molecule has 5 heteroatoms. The van der Waals surface area contributed by atoms with Crippen LogP contribution in [0.4, 0.5) is 5.82 Å². The molecule has 4 nitrogen and oxygen atoms in total. The summed E-state index contributed by atoms with van der Waals surface area (Å²) in [6, 6.07) is 1.99. The number of rotatable bonds is 4. The Hall–Kier alpha value is -1.49. The zero-order valence-electron chi connectivity index (χ0n) is 9.42. The fourth-order valence-electron chi connectivity index (χ4n) is 1.40. The summed E-state index contributed by atoms with van der Waals surface area (Å²) in [6.45, 7) is 2.89. The minimum absolute atomic E-state index is 0.921. The van der Waals surface area contributed by atoms with Gasteiger partial charge in [-0.2, -0.15) is 0 Å². The van der Waals surface area contributed by atoms with Crippen LogP contribution < -0.4 is 4.90 Å². The van der Waals surface area contributed by atoms with Gasteiger partial charge in [0.1, 0.15) is 12.1 Å². The first-order valence-electron chi connectivity index (χ1n) is 5.14. The molecule has 0 aromatic carbocycles. The van der Waals surface area contributed by atoms with Gasteiger partial charge in [0.15, 0.2) is 0 Å². The normalized spacial score (nSPS) is 10.4. The van der Waals surface area contributed by atoms with E-state index in [-0.39, 0.29) is 0 Å². The van der Waals surface area contributed by atoms with E-state index in [2.05, 4.69) is 19.9 Å². The van der Waals surface area contributed by atoms with Gasteiger partial charge in [-0.15, -0.1) is 11.3 Å². The Labute approximate surface area is 99.0 Å². The van der Waals surface area contributed by atoms with Gasteiger partial charge in [-0.25, -0.2) is 15.0 Å². The lowest BCUT2D eigenvalue weighted by atomic mass is 10.3. The Morgan fingerprint density at radius 2 is 2.19 bits per heavy atom. The number of aryl methyl sites for hydroxylation is 1. The smallest absolute Gasteiger partial charge is 0.131 e. The standard InChI is InChI=1S/C11H14N4S/c1-9-7-10(14-8-13-9)15(2)5-3-11-12-4-6-16-11/h4,6-8H,3,5H2,1-2H3. The van der Waals surface area contributed by atoms with Crippen LogP contribution in [0.2, 0.25) is 0 Å². The summed E-state index contributed by atoms with van der Waals surface area (Å²) in [6.07, 6.45) is 4.40. The number of aromatic nitrogens is 3. The first-order valence-corrected chi connectivity index (χ1v) is 6.02. The molecule has 2 heterocycles. The molecule has 0 aliphatic heterocycles. The molecule has 0 aliphatic rings. The van der Waals surface area contributed by atoms with Crippen molar-refractivity contribution in [3.8, 4) is 0 Å². The van der Waals surface area contributed by atoms with E-state index in [1.807, 2.05) is 31.6 Å². The summed E-state index contributed by atoms with van der Waals surface area (Å²) in [4.78, 5) is 14.7. The maximum Gasteiger partial charge on any atom is 0.131 e. The topological polar surface area (TPSA) is 41.9 Å². The molecule has 0 unspecified atom stereocenters. The van der Waals surface area contributed by atoms with E-state index in [1.165, 1.54) is 0 Å². The number of likely N-dealkylation sites (N-methyl/N-ethyl adjacent to an activating group) is 1. The summed E-state index contributed by atoms with van der Waals surface area (Å²) >= 11 is 1.69. The number of nitrogens with zero attached hydrogens (tertiary/aromatic N) is 4. The van der Waals surface area contributed by atoms with Crippen LogP contribution in [0.1, 0.15) is 10.7 Å². The van der Waals surface area contributed by atoms with Gasteiger partial charge >= 0.3 is 0 Å². The fourth-order valence-corrected chi connectivity index (χ4v) is 2.01. The maximum atomic E-state index is 4.26. The molecule has 2 rings (SSSR count). The van der Waals surface area contributed by atoms with Crippen molar-refractivity contribution in [3.05, 3.63) is 34.7 Å². The zero-order valence-corrected chi connectivity index (χ0v) is 10.2. The molecule has 0 N–H and O–H groups in total. The van der Waals surface area contributed by atoms with E-state index in [0.29, 0.717) is 0 Å². The van der Waals surface area contributed by atoms with Gasteiger partial charge in [-0.1, -0.05) is 0 Å². The largest absolute Gasteiger partial charge is 0.359 e. The molecule has 2 aromatic heterocycles. The Morgan fingerprint density at radius 3 is 2.88 bits per heavy atom. The van der Waals surface area contributed by atoms with Crippen molar-refractivity contribution in [1.82, 2.24) is 15.0 Å². The molecule has 0 saturated carbocycles. The SMILES string of the molecule is Cc1cc(N(C)CCc2nccs2)ncn1. The highest BCUT2D eigenvalue weighted by molar-refractivity contribution is 7.09. The lowest BCUT2D eigenvalue weighted by Crippen LogP contribution is -2.21. The molecule has 0 saturated heterocycles. The van der Waals surface area contributed by atoms with Crippen LogP contribution in [0.3, 0.4) is 0 Å². The summed E-state index contributed by atoms with van der Waals surface area (Å²) in [5.41, 5.74) is 0.992. The van der Waals surface area contributed by atoms with Crippen molar-refractivity contribution in [2.75, 3.05) is 18.5 Å². The molecule has 0 aliphatic carbocycles. The van der Waals surface area contributed by atoms with E-state index in [0.717, 1.165) is 29.5 Å². The summed E-state index contributed by atoms with van der Waals surface area (Å²) in [7, 11) is 2.04. The van der Waals surface area contributed by atoms with Crippen LogP contribution in [0.25, 0.3) is 0 Å². The van der Waals surface area contributed by atoms with Gasteiger partial charge in [-0.05, 0) is 6.92 Å². The van der Waals surface area contributed by atoms with Gasteiger partial charge in [0, 0.05) is 43.4 Å². The Bertz CT molecular complexity index is 441. The van der Waals surface area contributed by atoms with Gasteiger partial charge < -0.3 is 4.90 Å². The van der Waals surface area contributed by atoms with Crippen LogP contribution in [-0.2, 0) is 6.42 Å². The van der Waals surface area contributed by atoms with Crippen molar-refractivity contribution < 1.29 is 0 Å². The second-order valence-corrected chi connectivity index (χ2v) is 4.59. The highest BCUT2D eigenvalue weighted by Gasteiger charge is 2.04. The summed E-state index contributed by atoms with van der Waals surface area (Å²) in [5, 5.41) is 3.17. The average Bonchev–Trinajstić information content (AvgIpc) is 2.78. The summed E-state index contributed by atoms with van der Waals surface area (Å²) in [5.74, 6) is 0.962. The first kappa shape index (κ1) is 11.0. The van der Waals surface area contributed by atoms with Gasteiger partial charge in [0.2, 0.25) is 0 Å². The summed E-state index contributed by atoms with van der Waals surface area (Å²) < 4.78 is 0. The minimum Gasteiger partial charge on any atom is -0.359 e. The fraction of sp³-hybridized carbons (Fsp3) is 0.364. The quantitative estimate of drug-likeness (QED) is 0.810.